The van der Waals surface area contributed by atoms with Crippen LogP contribution in [0.15, 0.2) is 6.20 Å². The maximum Gasteiger partial charge on any atom is 0.433 e. The number of hydrogen-bond donors (Lipinski definition) is 1. The zero-order valence-electron chi connectivity index (χ0n) is 6.82. The number of aromatic nitrogens is 2. The summed E-state index contributed by atoms with van der Waals surface area (Å²) < 4.78 is 36.9. The average Bonchev–Trinajstić information content (AvgIpc) is 2.49. The maximum atomic E-state index is 12.3. The summed E-state index contributed by atoms with van der Waals surface area (Å²) in [7, 11) is 0. The van der Waals surface area contributed by atoms with Crippen LogP contribution in [-0.2, 0) is 6.18 Å². The van der Waals surface area contributed by atoms with E-state index in [9.17, 15) is 13.2 Å². The van der Waals surface area contributed by atoms with E-state index < -0.39 is 11.9 Å². The number of H-pyrrole nitrogens is 1. The topological polar surface area (TPSA) is 28.7 Å². The molecule has 0 saturated heterocycles. The van der Waals surface area contributed by atoms with Crippen molar-refractivity contribution < 1.29 is 13.2 Å². The van der Waals surface area contributed by atoms with E-state index >= 15 is 0 Å². The summed E-state index contributed by atoms with van der Waals surface area (Å²) >= 11 is 3.13. The van der Waals surface area contributed by atoms with Crippen LogP contribution in [-0.4, -0.2) is 15.5 Å². The molecular formula is C7H8BrF3N2. The molecule has 1 atom stereocenters. The van der Waals surface area contributed by atoms with Crippen LogP contribution in [0.25, 0.3) is 0 Å². The number of hydrogen-bond acceptors (Lipinski definition) is 1. The van der Waals surface area contributed by atoms with Crippen molar-refractivity contribution in [3.63, 3.8) is 0 Å². The molecule has 1 aromatic heterocycles. The minimum absolute atomic E-state index is 0.198. The van der Waals surface area contributed by atoms with Crippen LogP contribution in [0.5, 0.6) is 0 Å². The predicted octanol–water partition coefficient (Wildman–Crippen LogP) is 2.93. The predicted molar refractivity (Wildman–Crippen MR) is 45.8 cm³/mol. The van der Waals surface area contributed by atoms with Gasteiger partial charge in [-0.25, -0.2) is 0 Å². The van der Waals surface area contributed by atoms with Gasteiger partial charge in [-0.05, 0) is 5.92 Å². The number of rotatable bonds is 2. The van der Waals surface area contributed by atoms with E-state index in [0.29, 0.717) is 5.33 Å². The van der Waals surface area contributed by atoms with E-state index in [1.807, 2.05) is 5.10 Å². The van der Waals surface area contributed by atoms with Crippen LogP contribution in [0.2, 0.25) is 0 Å². The monoisotopic (exact) mass is 256 g/mol. The van der Waals surface area contributed by atoms with Gasteiger partial charge in [0, 0.05) is 10.9 Å². The van der Waals surface area contributed by atoms with E-state index in [0.717, 1.165) is 0 Å². The number of aromatic amines is 1. The van der Waals surface area contributed by atoms with Gasteiger partial charge in [0.2, 0.25) is 0 Å². The van der Waals surface area contributed by atoms with Crippen molar-refractivity contribution in [2.75, 3.05) is 5.33 Å². The van der Waals surface area contributed by atoms with Crippen LogP contribution >= 0.6 is 15.9 Å². The summed E-state index contributed by atoms with van der Waals surface area (Å²) in [5.74, 6) is -0.199. The molecule has 0 aliphatic rings. The lowest BCUT2D eigenvalue weighted by Crippen LogP contribution is -2.10. The van der Waals surface area contributed by atoms with Gasteiger partial charge in [-0.3, -0.25) is 5.10 Å². The Morgan fingerprint density at radius 2 is 2.23 bits per heavy atom. The van der Waals surface area contributed by atoms with Gasteiger partial charge in [-0.15, -0.1) is 0 Å². The molecule has 0 aliphatic heterocycles. The van der Waals surface area contributed by atoms with Gasteiger partial charge in [-0.2, -0.15) is 18.3 Å². The highest BCUT2D eigenvalue weighted by Gasteiger charge is 2.36. The summed E-state index contributed by atoms with van der Waals surface area (Å²) in [6.45, 7) is 1.70. The van der Waals surface area contributed by atoms with Gasteiger partial charge >= 0.3 is 6.18 Å². The average molecular weight is 257 g/mol. The van der Waals surface area contributed by atoms with Crippen LogP contribution < -0.4 is 0 Å². The van der Waals surface area contributed by atoms with Crippen molar-refractivity contribution in [1.29, 1.82) is 0 Å². The third-order valence-electron chi connectivity index (χ3n) is 1.71. The first-order chi connectivity index (χ1) is 5.96. The Kier molecular flexibility index (Phi) is 3.00. The second-order valence-electron chi connectivity index (χ2n) is 2.75. The molecule has 0 aliphatic carbocycles. The van der Waals surface area contributed by atoms with E-state index in [1.165, 1.54) is 6.20 Å². The third kappa shape index (κ3) is 2.24. The molecule has 0 saturated carbocycles. The van der Waals surface area contributed by atoms with E-state index in [4.69, 9.17) is 0 Å². The first-order valence-corrected chi connectivity index (χ1v) is 4.75. The molecule has 1 heterocycles. The van der Waals surface area contributed by atoms with E-state index in [-0.39, 0.29) is 11.5 Å². The van der Waals surface area contributed by atoms with Gasteiger partial charge in [-0.1, -0.05) is 22.9 Å². The van der Waals surface area contributed by atoms with Crippen molar-refractivity contribution in [1.82, 2.24) is 10.2 Å². The molecular weight excluding hydrogens is 249 g/mol. The lowest BCUT2D eigenvalue weighted by Gasteiger charge is -2.10. The van der Waals surface area contributed by atoms with Crippen molar-refractivity contribution in [2.24, 2.45) is 0 Å². The molecule has 1 aromatic rings. The molecule has 2 nitrogen and oxygen atoms in total. The van der Waals surface area contributed by atoms with Crippen LogP contribution in [0.1, 0.15) is 24.1 Å². The molecule has 0 aromatic carbocycles. The Balaban J connectivity index is 3.03. The van der Waals surface area contributed by atoms with Gasteiger partial charge < -0.3 is 0 Å². The van der Waals surface area contributed by atoms with Crippen molar-refractivity contribution in [2.45, 2.75) is 19.0 Å². The van der Waals surface area contributed by atoms with Gasteiger partial charge in [0.05, 0.1) is 6.20 Å². The highest BCUT2D eigenvalue weighted by atomic mass is 79.9. The molecule has 0 amide bonds. The van der Waals surface area contributed by atoms with Crippen molar-refractivity contribution in [3.8, 4) is 0 Å². The fourth-order valence-corrected chi connectivity index (χ4v) is 1.33. The van der Waals surface area contributed by atoms with Gasteiger partial charge in [0.25, 0.3) is 0 Å². The fraction of sp³-hybridized carbons (Fsp3) is 0.571. The summed E-state index contributed by atoms with van der Waals surface area (Å²) in [4.78, 5) is 0. The highest BCUT2D eigenvalue weighted by Crippen LogP contribution is 2.33. The standard InChI is InChI=1S/C7H8BrF3N2/c1-4(2-8)5-3-12-13-6(5)7(9,10)11/h3-4H,2H2,1H3,(H,12,13). The van der Waals surface area contributed by atoms with Gasteiger partial charge in [0.15, 0.2) is 0 Å². The molecule has 6 heteroatoms. The molecule has 0 fully saturated rings. The Morgan fingerprint density at radius 3 is 2.69 bits per heavy atom. The molecule has 13 heavy (non-hydrogen) atoms. The normalized spacial score (nSPS) is 14.5. The smallest absolute Gasteiger partial charge is 0.273 e. The number of nitrogens with zero attached hydrogens (tertiary/aromatic N) is 1. The van der Waals surface area contributed by atoms with Crippen LogP contribution in [0, 0.1) is 0 Å². The highest BCUT2D eigenvalue weighted by molar-refractivity contribution is 9.09. The Hall–Kier alpha value is -0.520. The SMILES string of the molecule is CC(CBr)c1cn[nH]c1C(F)(F)F. The molecule has 0 spiro atoms. The summed E-state index contributed by atoms with van der Waals surface area (Å²) in [6.07, 6.45) is -3.13. The first-order valence-electron chi connectivity index (χ1n) is 3.63. The molecule has 0 radical (unpaired) electrons. The first kappa shape index (κ1) is 10.6. The second-order valence-corrected chi connectivity index (χ2v) is 3.40. The Morgan fingerprint density at radius 1 is 1.62 bits per heavy atom. The quantitative estimate of drug-likeness (QED) is 0.810. The lowest BCUT2D eigenvalue weighted by molar-refractivity contribution is -0.141. The molecule has 0 bridgehead atoms. The molecule has 74 valence electrons. The zero-order valence-corrected chi connectivity index (χ0v) is 8.41. The number of alkyl halides is 4. The summed E-state index contributed by atoms with van der Waals surface area (Å²) in [5.41, 5.74) is -0.552. The zero-order chi connectivity index (χ0) is 10.1. The second kappa shape index (κ2) is 3.69. The van der Waals surface area contributed by atoms with Crippen LogP contribution in [0.3, 0.4) is 0 Å². The van der Waals surface area contributed by atoms with Gasteiger partial charge in [0.1, 0.15) is 5.69 Å². The minimum atomic E-state index is -4.34. The molecule has 1 rings (SSSR count). The van der Waals surface area contributed by atoms with Crippen molar-refractivity contribution >= 4 is 15.9 Å². The van der Waals surface area contributed by atoms with E-state index in [2.05, 4.69) is 21.0 Å². The third-order valence-corrected chi connectivity index (χ3v) is 2.69. The largest absolute Gasteiger partial charge is 0.433 e. The fourth-order valence-electron chi connectivity index (χ4n) is 0.979. The lowest BCUT2D eigenvalue weighted by atomic mass is 10.0. The van der Waals surface area contributed by atoms with Crippen LogP contribution in [0.4, 0.5) is 13.2 Å². The summed E-state index contributed by atoms with van der Waals surface area (Å²) in [6, 6.07) is 0. The Labute approximate surface area is 81.7 Å². The number of nitrogens with one attached hydrogen (secondary N) is 1. The Bertz CT molecular complexity index is 282. The molecule has 1 unspecified atom stereocenters. The molecule has 1 N–H and O–H groups in total. The van der Waals surface area contributed by atoms with E-state index in [1.54, 1.807) is 6.92 Å². The maximum absolute atomic E-state index is 12.3. The number of halogens is 4. The summed E-state index contributed by atoms with van der Waals surface area (Å²) in [5, 5.41) is 5.84. The minimum Gasteiger partial charge on any atom is -0.273 e. The van der Waals surface area contributed by atoms with Crippen molar-refractivity contribution in [3.05, 3.63) is 17.5 Å².